The maximum Gasteiger partial charge on any atom is 0.221 e. The number of Topliss-reactive ketones (excluding diaryl/α,β-unsaturated/α-hetero) is 1. The van der Waals surface area contributed by atoms with Gasteiger partial charge in [-0.2, -0.15) is 0 Å². The summed E-state index contributed by atoms with van der Waals surface area (Å²) >= 11 is 0. The summed E-state index contributed by atoms with van der Waals surface area (Å²) in [4.78, 5) is 21.6. The van der Waals surface area contributed by atoms with Gasteiger partial charge in [0.05, 0.1) is 0 Å². The standard InChI is InChI=1S/C12H13NO2/c1-9(14)11-6-2-4-10(8-11)5-3-7-12(13)15/h2-6,8H,7H2,1H3,(H2,13,15). The van der Waals surface area contributed by atoms with E-state index >= 15 is 0 Å². The molecule has 0 aliphatic carbocycles. The molecule has 1 aromatic carbocycles. The first-order valence-corrected chi connectivity index (χ1v) is 4.65. The summed E-state index contributed by atoms with van der Waals surface area (Å²) in [5.41, 5.74) is 6.55. The maximum atomic E-state index is 11.1. The fraction of sp³-hybridized carbons (Fsp3) is 0.167. The van der Waals surface area contributed by atoms with Gasteiger partial charge in [0.15, 0.2) is 5.78 Å². The molecule has 0 aromatic heterocycles. The first-order valence-electron chi connectivity index (χ1n) is 4.65. The quantitative estimate of drug-likeness (QED) is 0.758. The zero-order valence-electron chi connectivity index (χ0n) is 8.57. The third-order valence-corrected chi connectivity index (χ3v) is 1.92. The molecule has 3 nitrogen and oxygen atoms in total. The molecule has 0 saturated heterocycles. The number of carbonyl (C=O) groups is 2. The monoisotopic (exact) mass is 203 g/mol. The Labute approximate surface area is 88.6 Å². The molecule has 0 heterocycles. The largest absolute Gasteiger partial charge is 0.369 e. The molecule has 0 bridgehead atoms. The summed E-state index contributed by atoms with van der Waals surface area (Å²) in [5, 5.41) is 0. The van der Waals surface area contributed by atoms with E-state index in [9.17, 15) is 9.59 Å². The minimum absolute atomic E-state index is 0.0279. The molecule has 0 spiro atoms. The van der Waals surface area contributed by atoms with Crippen LogP contribution in [-0.2, 0) is 4.79 Å². The minimum Gasteiger partial charge on any atom is -0.369 e. The first kappa shape index (κ1) is 11.2. The molecule has 0 saturated carbocycles. The molecule has 15 heavy (non-hydrogen) atoms. The summed E-state index contributed by atoms with van der Waals surface area (Å²) in [6.45, 7) is 1.52. The lowest BCUT2D eigenvalue weighted by atomic mass is 10.1. The van der Waals surface area contributed by atoms with Gasteiger partial charge in [-0.25, -0.2) is 0 Å². The van der Waals surface area contributed by atoms with Gasteiger partial charge in [-0.3, -0.25) is 9.59 Å². The summed E-state index contributed by atoms with van der Waals surface area (Å²) in [5.74, 6) is -0.339. The third-order valence-electron chi connectivity index (χ3n) is 1.92. The van der Waals surface area contributed by atoms with Crippen molar-refractivity contribution in [2.24, 2.45) is 5.73 Å². The number of benzene rings is 1. The zero-order chi connectivity index (χ0) is 11.3. The smallest absolute Gasteiger partial charge is 0.221 e. The number of carbonyl (C=O) groups excluding carboxylic acids is 2. The predicted molar refractivity (Wildman–Crippen MR) is 59.3 cm³/mol. The van der Waals surface area contributed by atoms with Crippen molar-refractivity contribution in [1.29, 1.82) is 0 Å². The second-order valence-corrected chi connectivity index (χ2v) is 3.25. The number of rotatable bonds is 4. The van der Waals surface area contributed by atoms with Crippen LogP contribution in [0.2, 0.25) is 0 Å². The molecular formula is C12H13NO2. The van der Waals surface area contributed by atoms with Crippen molar-refractivity contribution in [1.82, 2.24) is 0 Å². The SMILES string of the molecule is CC(=O)c1cccc(C=CCC(N)=O)c1. The van der Waals surface area contributed by atoms with Crippen LogP contribution in [0.4, 0.5) is 0 Å². The fourth-order valence-electron chi connectivity index (χ4n) is 1.17. The van der Waals surface area contributed by atoms with E-state index in [1.54, 1.807) is 30.4 Å². The van der Waals surface area contributed by atoms with E-state index in [1.165, 1.54) is 6.92 Å². The number of hydrogen-bond acceptors (Lipinski definition) is 2. The van der Waals surface area contributed by atoms with Crippen LogP contribution in [0.1, 0.15) is 29.3 Å². The predicted octanol–water partition coefficient (Wildman–Crippen LogP) is 1.78. The van der Waals surface area contributed by atoms with E-state index in [4.69, 9.17) is 5.73 Å². The summed E-state index contributed by atoms with van der Waals surface area (Å²) in [6.07, 6.45) is 3.67. The van der Waals surface area contributed by atoms with Gasteiger partial charge in [-0.15, -0.1) is 0 Å². The van der Waals surface area contributed by atoms with Crippen molar-refractivity contribution in [3.8, 4) is 0 Å². The minimum atomic E-state index is -0.367. The number of hydrogen-bond donors (Lipinski definition) is 1. The van der Waals surface area contributed by atoms with Gasteiger partial charge in [-0.1, -0.05) is 30.4 Å². The van der Waals surface area contributed by atoms with Crippen LogP contribution in [0, 0.1) is 0 Å². The van der Waals surface area contributed by atoms with Crippen LogP contribution in [0.15, 0.2) is 30.3 Å². The number of ketones is 1. The van der Waals surface area contributed by atoms with Crippen molar-refractivity contribution in [2.45, 2.75) is 13.3 Å². The molecule has 1 rings (SSSR count). The Morgan fingerprint density at radius 1 is 1.40 bits per heavy atom. The van der Waals surface area contributed by atoms with E-state index in [-0.39, 0.29) is 18.1 Å². The van der Waals surface area contributed by atoms with Crippen LogP contribution >= 0.6 is 0 Å². The summed E-state index contributed by atoms with van der Waals surface area (Å²) in [6, 6.07) is 7.21. The molecule has 3 heteroatoms. The topological polar surface area (TPSA) is 60.2 Å². The molecule has 0 aliphatic heterocycles. The van der Waals surface area contributed by atoms with E-state index in [2.05, 4.69) is 0 Å². The molecule has 1 aromatic rings. The Kier molecular flexibility index (Phi) is 3.80. The molecule has 78 valence electrons. The van der Waals surface area contributed by atoms with Crippen LogP contribution in [-0.4, -0.2) is 11.7 Å². The fourth-order valence-corrected chi connectivity index (χ4v) is 1.17. The van der Waals surface area contributed by atoms with Gasteiger partial charge in [0.25, 0.3) is 0 Å². The van der Waals surface area contributed by atoms with E-state index < -0.39 is 0 Å². The Hall–Kier alpha value is -1.90. The zero-order valence-corrected chi connectivity index (χ0v) is 8.57. The normalized spacial score (nSPS) is 10.5. The van der Waals surface area contributed by atoms with Crippen LogP contribution in [0.25, 0.3) is 6.08 Å². The van der Waals surface area contributed by atoms with Gasteiger partial charge in [0.1, 0.15) is 0 Å². The van der Waals surface area contributed by atoms with Crippen molar-refractivity contribution in [2.75, 3.05) is 0 Å². The Bertz CT molecular complexity index is 408. The van der Waals surface area contributed by atoms with Crippen molar-refractivity contribution in [3.63, 3.8) is 0 Å². The Morgan fingerprint density at radius 2 is 2.13 bits per heavy atom. The van der Waals surface area contributed by atoms with Crippen LogP contribution in [0.5, 0.6) is 0 Å². The second kappa shape index (κ2) is 5.10. The lowest BCUT2D eigenvalue weighted by molar-refractivity contribution is -0.117. The van der Waals surface area contributed by atoms with E-state index in [1.807, 2.05) is 6.07 Å². The lowest BCUT2D eigenvalue weighted by Crippen LogP contribution is -2.07. The molecule has 0 fully saturated rings. The average Bonchev–Trinajstić information content (AvgIpc) is 2.17. The van der Waals surface area contributed by atoms with Crippen molar-refractivity contribution < 1.29 is 9.59 Å². The third kappa shape index (κ3) is 3.77. The van der Waals surface area contributed by atoms with Gasteiger partial charge in [0.2, 0.25) is 5.91 Å². The molecule has 0 atom stereocenters. The summed E-state index contributed by atoms with van der Waals surface area (Å²) < 4.78 is 0. The lowest BCUT2D eigenvalue weighted by Gasteiger charge is -1.97. The maximum absolute atomic E-state index is 11.1. The average molecular weight is 203 g/mol. The second-order valence-electron chi connectivity index (χ2n) is 3.25. The molecule has 1 amide bonds. The Balaban J connectivity index is 2.78. The highest BCUT2D eigenvalue weighted by Gasteiger charge is 1.97. The molecule has 0 radical (unpaired) electrons. The van der Waals surface area contributed by atoms with Crippen LogP contribution < -0.4 is 5.73 Å². The van der Waals surface area contributed by atoms with E-state index in [0.29, 0.717) is 5.56 Å². The van der Waals surface area contributed by atoms with Crippen molar-refractivity contribution >= 4 is 17.8 Å². The van der Waals surface area contributed by atoms with Crippen LogP contribution in [0.3, 0.4) is 0 Å². The molecule has 0 unspecified atom stereocenters. The van der Waals surface area contributed by atoms with Gasteiger partial charge >= 0.3 is 0 Å². The number of primary amides is 1. The Morgan fingerprint density at radius 3 is 2.73 bits per heavy atom. The highest BCUT2D eigenvalue weighted by molar-refractivity contribution is 5.94. The molecular weight excluding hydrogens is 190 g/mol. The number of amides is 1. The number of nitrogens with two attached hydrogens (primary N) is 1. The molecule has 2 N–H and O–H groups in total. The highest BCUT2D eigenvalue weighted by Crippen LogP contribution is 2.08. The van der Waals surface area contributed by atoms with Gasteiger partial charge in [-0.05, 0) is 18.6 Å². The van der Waals surface area contributed by atoms with Crippen molar-refractivity contribution in [3.05, 3.63) is 41.5 Å². The summed E-state index contributed by atoms with van der Waals surface area (Å²) in [7, 11) is 0. The van der Waals surface area contributed by atoms with Gasteiger partial charge < -0.3 is 5.73 Å². The van der Waals surface area contributed by atoms with E-state index in [0.717, 1.165) is 5.56 Å². The first-order chi connectivity index (χ1) is 7.09. The highest BCUT2D eigenvalue weighted by atomic mass is 16.1. The molecule has 0 aliphatic rings. The van der Waals surface area contributed by atoms with Gasteiger partial charge in [0, 0.05) is 12.0 Å².